The summed E-state index contributed by atoms with van der Waals surface area (Å²) >= 11 is 8.00. The van der Waals surface area contributed by atoms with E-state index in [0.717, 1.165) is 12.0 Å². The summed E-state index contributed by atoms with van der Waals surface area (Å²) in [4.78, 5) is 28.7. The van der Waals surface area contributed by atoms with Crippen LogP contribution in [0.4, 0.5) is 0 Å². The minimum atomic E-state index is -0.371. The Morgan fingerprint density at radius 1 is 1.30 bits per heavy atom. The molecule has 3 heterocycles. The highest BCUT2D eigenvalue weighted by Crippen LogP contribution is 2.33. The van der Waals surface area contributed by atoms with Crippen LogP contribution in [-0.2, 0) is 6.42 Å². The summed E-state index contributed by atoms with van der Waals surface area (Å²) in [5.41, 5.74) is 1.96. The Morgan fingerprint density at radius 3 is 2.85 bits per heavy atom. The lowest BCUT2D eigenvalue weighted by atomic mass is 10.0. The lowest BCUT2D eigenvalue weighted by molar-refractivity contribution is 0.0669. The molecule has 0 saturated carbocycles. The van der Waals surface area contributed by atoms with E-state index >= 15 is 0 Å². The second-order valence-electron chi connectivity index (χ2n) is 6.59. The van der Waals surface area contributed by atoms with Gasteiger partial charge in [0.05, 0.1) is 16.8 Å². The van der Waals surface area contributed by atoms with Crippen molar-refractivity contribution in [2.24, 2.45) is 0 Å². The van der Waals surface area contributed by atoms with Crippen LogP contribution < -0.4 is 5.43 Å². The number of hydrogen-bond acceptors (Lipinski definition) is 4. The van der Waals surface area contributed by atoms with Gasteiger partial charge in [-0.1, -0.05) is 23.7 Å². The van der Waals surface area contributed by atoms with Gasteiger partial charge in [0.1, 0.15) is 0 Å². The third-order valence-electron chi connectivity index (χ3n) is 4.93. The van der Waals surface area contributed by atoms with E-state index in [9.17, 15) is 9.59 Å². The third-order valence-corrected chi connectivity index (χ3v) is 6.24. The molecule has 0 spiro atoms. The Kier molecular flexibility index (Phi) is 4.61. The summed E-state index contributed by atoms with van der Waals surface area (Å²) in [7, 11) is 0. The first kappa shape index (κ1) is 17.9. The van der Waals surface area contributed by atoms with Crippen molar-refractivity contribution < 1.29 is 4.79 Å². The topological polar surface area (TPSA) is 55.2 Å². The molecular formula is C20H18ClN3O2S. The number of hydrogen-bond donors (Lipinski definition) is 0. The van der Waals surface area contributed by atoms with Crippen LogP contribution in [0, 0.1) is 6.92 Å². The van der Waals surface area contributed by atoms with E-state index in [4.69, 9.17) is 11.6 Å². The van der Waals surface area contributed by atoms with Crippen molar-refractivity contribution in [2.75, 3.05) is 6.54 Å². The predicted molar refractivity (Wildman–Crippen MR) is 107 cm³/mol. The van der Waals surface area contributed by atoms with Crippen molar-refractivity contribution >= 4 is 28.8 Å². The number of aromatic nitrogens is 2. The Balaban J connectivity index is 1.76. The Morgan fingerprint density at radius 2 is 2.07 bits per heavy atom. The number of thiophene rings is 1. The zero-order valence-corrected chi connectivity index (χ0v) is 16.5. The summed E-state index contributed by atoms with van der Waals surface area (Å²) in [6.45, 7) is 4.34. The molecule has 0 fully saturated rings. The van der Waals surface area contributed by atoms with Crippen LogP contribution in [0.2, 0.25) is 5.02 Å². The number of benzene rings is 1. The second kappa shape index (κ2) is 6.94. The lowest BCUT2D eigenvalue weighted by Gasteiger charge is -2.33. The maximum Gasteiger partial charge on any atom is 0.278 e. The number of halogens is 1. The Labute approximate surface area is 165 Å². The molecule has 27 heavy (non-hydrogen) atoms. The van der Waals surface area contributed by atoms with Crippen LogP contribution in [0.3, 0.4) is 0 Å². The molecule has 1 atom stereocenters. The van der Waals surface area contributed by atoms with Crippen LogP contribution in [0.1, 0.15) is 39.6 Å². The molecule has 5 nitrogen and oxygen atoms in total. The van der Waals surface area contributed by atoms with Gasteiger partial charge in [-0.3, -0.25) is 9.59 Å². The number of rotatable bonds is 2. The first-order valence-electron chi connectivity index (χ1n) is 8.70. The molecule has 4 rings (SSSR count). The molecule has 3 aromatic rings. The molecule has 138 valence electrons. The summed E-state index contributed by atoms with van der Waals surface area (Å²) in [5, 5.41) is 6.94. The minimum Gasteiger partial charge on any atom is -0.330 e. The molecule has 2 aromatic heterocycles. The van der Waals surface area contributed by atoms with Crippen LogP contribution in [0.25, 0.3) is 5.69 Å². The fourth-order valence-electron chi connectivity index (χ4n) is 3.49. The fraction of sp³-hybridized carbons (Fsp3) is 0.250. The zero-order valence-electron chi connectivity index (χ0n) is 15.0. The number of fused-ring (bicyclic) bond motifs is 1. The highest BCUT2D eigenvalue weighted by molar-refractivity contribution is 7.10. The molecule has 1 aliphatic rings. The van der Waals surface area contributed by atoms with Crippen LogP contribution in [0.15, 0.2) is 46.6 Å². The summed E-state index contributed by atoms with van der Waals surface area (Å²) in [5.74, 6) is -0.342. The standard InChI is InChI=1S/C20H18ClN3O2S/c1-12-11-17(25)19(22-24(12)16-6-4-3-5-15(16)21)20(26)23-9-7-18-14(13(23)2)8-10-27-18/h3-6,8,10-11,13H,7,9H2,1-2H3/t13-/m1/s1. The van der Waals surface area contributed by atoms with Crippen LogP contribution in [0.5, 0.6) is 0 Å². The highest BCUT2D eigenvalue weighted by atomic mass is 35.5. The van der Waals surface area contributed by atoms with Gasteiger partial charge >= 0.3 is 0 Å². The smallest absolute Gasteiger partial charge is 0.278 e. The Bertz CT molecular complexity index is 1090. The van der Waals surface area contributed by atoms with Gasteiger partial charge < -0.3 is 4.90 Å². The zero-order chi connectivity index (χ0) is 19.1. The summed E-state index contributed by atoms with van der Waals surface area (Å²) in [6.07, 6.45) is 0.799. The van der Waals surface area contributed by atoms with Gasteiger partial charge in [-0.15, -0.1) is 11.3 Å². The molecule has 0 bridgehead atoms. The average molecular weight is 400 g/mol. The van der Waals surface area contributed by atoms with E-state index in [1.165, 1.54) is 10.9 Å². The molecular weight excluding hydrogens is 382 g/mol. The van der Waals surface area contributed by atoms with Gasteiger partial charge in [-0.05, 0) is 49.4 Å². The number of amides is 1. The predicted octanol–water partition coefficient (Wildman–Crippen LogP) is 4.02. The SMILES string of the molecule is Cc1cc(=O)c(C(=O)N2CCc3sccc3[C@H]2C)nn1-c1ccccc1Cl. The molecule has 7 heteroatoms. The first-order chi connectivity index (χ1) is 13.0. The highest BCUT2D eigenvalue weighted by Gasteiger charge is 2.31. The van der Waals surface area contributed by atoms with Crippen molar-refractivity contribution in [3.05, 3.63) is 78.9 Å². The van der Waals surface area contributed by atoms with E-state index in [0.29, 0.717) is 22.9 Å². The maximum absolute atomic E-state index is 13.2. The van der Waals surface area contributed by atoms with E-state index in [1.54, 1.807) is 33.9 Å². The van der Waals surface area contributed by atoms with Gasteiger partial charge in [0.25, 0.3) is 5.91 Å². The van der Waals surface area contributed by atoms with Crippen LogP contribution in [-0.4, -0.2) is 27.1 Å². The molecule has 0 N–H and O–H groups in total. The monoisotopic (exact) mass is 399 g/mol. The maximum atomic E-state index is 13.2. The number of aryl methyl sites for hydroxylation is 1. The number of carbonyl (C=O) groups is 1. The van der Waals surface area contributed by atoms with E-state index < -0.39 is 0 Å². The van der Waals surface area contributed by atoms with Gasteiger partial charge in [-0.2, -0.15) is 5.10 Å². The minimum absolute atomic E-state index is 0.0777. The molecule has 0 saturated heterocycles. The summed E-state index contributed by atoms with van der Waals surface area (Å²) in [6, 6.07) is 10.6. The Hall–Kier alpha value is -2.44. The van der Waals surface area contributed by atoms with E-state index in [-0.39, 0.29) is 23.1 Å². The van der Waals surface area contributed by atoms with Gasteiger partial charge in [-0.25, -0.2) is 4.68 Å². The van der Waals surface area contributed by atoms with E-state index in [1.807, 2.05) is 30.5 Å². The molecule has 1 aromatic carbocycles. The molecule has 0 aliphatic carbocycles. The van der Waals surface area contributed by atoms with E-state index in [2.05, 4.69) is 11.2 Å². The molecule has 1 aliphatic heterocycles. The second-order valence-corrected chi connectivity index (χ2v) is 7.99. The van der Waals surface area contributed by atoms with Gasteiger partial charge in [0, 0.05) is 23.2 Å². The summed E-state index contributed by atoms with van der Waals surface area (Å²) < 4.78 is 1.56. The normalized spacial score (nSPS) is 16.3. The van der Waals surface area contributed by atoms with Crippen molar-refractivity contribution in [1.82, 2.24) is 14.7 Å². The van der Waals surface area contributed by atoms with Gasteiger partial charge in [0.15, 0.2) is 5.69 Å². The van der Waals surface area contributed by atoms with Crippen molar-refractivity contribution in [3.63, 3.8) is 0 Å². The number of nitrogens with zero attached hydrogens (tertiary/aromatic N) is 3. The average Bonchev–Trinajstić information content (AvgIpc) is 3.12. The molecule has 1 amide bonds. The fourth-order valence-corrected chi connectivity index (χ4v) is 4.66. The molecule has 0 radical (unpaired) electrons. The van der Waals surface area contributed by atoms with Gasteiger partial charge in [0.2, 0.25) is 5.43 Å². The third kappa shape index (κ3) is 3.09. The lowest BCUT2D eigenvalue weighted by Crippen LogP contribution is -2.41. The number of para-hydroxylation sites is 1. The van der Waals surface area contributed by atoms with Crippen molar-refractivity contribution in [2.45, 2.75) is 26.3 Å². The quantitative estimate of drug-likeness (QED) is 0.654. The van der Waals surface area contributed by atoms with Crippen LogP contribution >= 0.6 is 22.9 Å². The number of carbonyl (C=O) groups excluding carboxylic acids is 1. The van der Waals surface area contributed by atoms with Crippen molar-refractivity contribution in [3.8, 4) is 5.69 Å². The largest absolute Gasteiger partial charge is 0.330 e. The molecule has 0 unspecified atom stereocenters. The van der Waals surface area contributed by atoms with Crippen molar-refractivity contribution in [1.29, 1.82) is 0 Å². The first-order valence-corrected chi connectivity index (χ1v) is 9.96.